The van der Waals surface area contributed by atoms with Crippen LogP contribution in [0.4, 0.5) is 17.3 Å². The lowest BCUT2D eigenvalue weighted by Crippen LogP contribution is -2.17. The topological polar surface area (TPSA) is 61.9 Å². The summed E-state index contributed by atoms with van der Waals surface area (Å²) < 4.78 is 0. The molecule has 0 aliphatic carbocycles. The Bertz CT molecular complexity index is 537. The Morgan fingerprint density at radius 3 is 2.80 bits per heavy atom. The molecule has 3 rings (SSSR count). The van der Waals surface area contributed by atoms with Crippen molar-refractivity contribution in [3.63, 3.8) is 0 Å². The van der Waals surface area contributed by atoms with Crippen molar-refractivity contribution in [3.05, 3.63) is 42.7 Å². The molecule has 0 bridgehead atoms. The summed E-state index contributed by atoms with van der Waals surface area (Å²) in [5, 5.41) is 10.0. The number of hydrogen-bond acceptors (Lipinski definition) is 5. The van der Waals surface area contributed by atoms with Gasteiger partial charge in [0.2, 0.25) is 0 Å². The van der Waals surface area contributed by atoms with Crippen molar-refractivity contribution in [2.45, 2.75) is 6.42 Å². The maximum absolute atomic E-state index is 4.26. The van der Waals surface area contributed by atoms with Gasteiger partial charge in [0.1, 0.15) is 18.0 Å². The van der Waals surface area contributed by atoms with Crippen LogP contribution in [-0.4, -0.2) is 29.6 Å². The summed E-state index contributed by atoms with van der Waals surface area (Å²) >= 11 is 0. The average molecular weight is 269 g/mol. The molecule has 5 nitrogen and oxygen atoms in total. The van der Waals surface area contributed by atoms with Crippen molar-refractivity contribution < 1.29 is 0 Å². The highest BCUT2D eigenvalue weighted by Gasteiger charge is 2.13. The third kappa shape index (κ3) is 3.45. The number of rotatable bonds is 5. The fourth-order valence-corrected chi connectivity index (χ4v) is 2.33. The number of aromatic nitrogens is 2. The molecule has 1 aromatic carbocycles. The predicted octanol–water partition coefficient (Wildman–Crippen LogP) is 2.24. The van der Waals surface area contributed by atoms with E-state index in [9.17, 15) is 0 Å². The summed E-state index contributed by atoms with van der Waals surface area (Å²) in [7, 11) is 0. The van der Waals surface area contributed by atoms with E-state index in [-0.39, 0.29) is 0 Å². The molecule has 3 N–H and O–H groups in total. The van der Waals surface area contributed by atoms with Gasteiger partial charge < -0.3 is 16.0 Å². The van der Waals surface area contributed by atoms with E-state index in [1.165, 1.54) is 6.42 Å². The van der Waals surface area contributed by atoms with Gasteiger partial charge in [-0.2, -0.15) is 0 Å². The molecule has 0 amide bonds. The summed E-state index contributed by atoms with van der Waals surface area (Å²) in [6.45, 7) is 3.17. The molecular weight excluding hydrogens is 250 g/mol. The molecule has 104 valence electrons. The first kappa shape index (κ1) is 12.9. The highest BCUT2D eigenvalue weighted by Crippen LogP contribution is 2.16. The number of para-hydroxylation sites is 1. The highest BCUT2D eigenvalue weighted by molar-refractivity contribution is 5.58. The Hall–Kier alpha value is -2.14. The summed E-state index contributed by atoms with van der Waals surface area (Å²) in [6, 6.07) is 12.0. The van der Waals surface area contributed by atoms with Gasteiger partial charge in [-0.3, -0.25) is 0 Å². The quantitative estimate of drug-likeness (QED) is 0.777. The molecule has 2 heterocycles. The second-order valence-electron chi connectivity index (χ2n) is 5.02. The third-order valence-corrected chi connectivity index (χ3v) is 3.45. The van der Waals surface area contributed by atoms with Crippen LogP contribution < -0.4 is 16.0 Å². The molecule has 1 atom stereocenters. The minimum absolute atomic E-state index is 0.690. The van der Waals surface area contributed by atoms with Crippen LogP contribution in [0.2, 0.25) is 0 Å². The van der Waals surface area contributed by atoms with Gasteiger partial charge in [0.05, 0.1) is 0 Å². The number of hydrogen-bond donors (Lipinski definition) is 3. The van der Waals surface area contributed by atoms with Gasteiger partial charge in [-0.25, -0.2) is 9.97 Å². The number of benzene rings is 1. The van der Waals surface area contributed by atoms with Crippen molar-refractivity contribution >= 4 is 17.3 Å². The van der Waals surface area contributed by atoms with Gasteiger partial charge in [0.25, 0.3) is 0 Å². The lowest BCUT2D eigenvalue weighted by atomic mass is 10.1. The van der Waals surface area contributed by atoms with E-state index in [4.69, 9.17) is 0 Å². The summed E-state index contributed by atoms with van der Waals surface area (Å²) in [5.41, 5.74) is 1.03. The maximum Gasteiger partial charge on any atom is 0.135 e. The van der Waals surface area contributed by atoms with Crippen LogP contribution in [0.15, 0.2) is 42.7 Å². The molecule has 0 radical (unpaired) electrons. The van der Waals surface area contributed by atoms with Crippen molar-refractivity contribution in [2.24, 2.45) is 5.92 Å². The smallest absolute Gasteiger partial charge is 0.135 e. The standard InChI is InChI=1S/C15H19N5/c1-2-4-13(5-3-1)20-15-8-14(18-11-19-15)17-10-12-6-7-16-9-12/h1-5,8,11-12,16H,6-7,9-10H2,(H2,17,18,19,20). The maximum atomic E-state index is 4.26. The van der Waals surface area contributed by atoms with E-state index in [0.29, 0.717) is 5.92 Å². The predicted molar refractivity (Wildman–Crippen MR) is 81.2 cm³/mol. The van der Waals surface area contributed by atoms with E-state index >= 15 is 0 Å². The second kappa shape index (κ2) is 6.34. The molecule has 1 aromatic heterocycles. The second-order valence-corrected chi connectivity index (χ2v) is 5.02. The lowest BCUT2D eigenvalue weighted by Gasteiger charge is -2.11. The highest BCUT2D eigenvalue weighted by atomic mass is 15.1. The summed E-state index contributed by atoms with van der Waals surface area (Å²) in [5.74, 6) is 2.36. The van der Waals surface area contributed by atoms with E-state index in [2.05, 4.69) is 25.9 Å². The van der Waals surface area contributed by atoms with E-state index in [0.717, 1.165) is 37.0 Å². The van der Waals surface area contributed by atoms with Crippen molar-refractivity contribution in [1.29, 1.82) is 0 Å². The van der Waals surface area contributed by atoms with Crippen LogP contribution in [0, 0.1) is 5.92 Å². The molecule has 0 saturated carbocycles. The summed E-state index contributed by atoms with van der Waals surface area (Å²) in [4.78, 5) is 8.50. The van der Waals surface area contributed by atoms with Gasteiger partial charge in [0, 0.05) is 18.3 Å². The Kier molecular flexibility index (Phi) is 4.08. The van der Waals surface area contributed by atoms with Crippen LogP contribution in [0.1, 0.15) is 6.42 Å². The molecule has 1 aliphatic rings. The largest absolute Gasteiger partial charge is 0.370 e. The van der Waals surface area contributed by atoms with Gasteiger partial charge in [0.15, 0.2) is 0 Å². The van der Waals surface area contributed by atoms with Gasteiger partial charge in [-0.15, -0.1) is 0 Å². The zero-order chi connectivity index (χ0) is 13.6. The van der Waals surface area contributed by atoms with E-state index in [1.54, 1.807) is 6.33 Å². The average Bonchev–Trinajstić information content (AvgIpc) is 3.00. The minimum Gasteiger partial charge on any atom is -0.370 e. The van der Waals surface area contributed by atoms with Crippen LogP contribution in [0.25, 0.3) is 0 Å². The molecule has 1 aliphatic heterocycles. The Balaban J connectivity index is 1.60. The first-order valence-corrected chi connectivity index (χ1v) is 6.99. The third-order valence-electron chi connectivity index (χ3n) is 3.45. The molecule has 0 spiro atoms. The van der Waals surface area contributed by atoms with Gasteiger partial charge in [-0.1, -0.05) is 18.2 Å². The number of nitrogens with zero attached hydrogens (tertiary/aromatic N) is 2. The molecular formula is C15H19N5. The van der Waals surface area contributed by atoms with Crippen LogP contribution >= 0.6 is 0 Å². The van der Waals surface area contributed by atoms with Crippen molar-refractivity contribution in [1.82, 2.24) is 15.3 Å². The lowest BCUT2D eigenvalue weighted by molar-refractivity contribution is 0.614. The summed E-state index contributed by atoms with van der Waals surface area (Å²) in [6.07, 6.45) is 2.81. The number of anilines is 3. The van der Waals surface area contributed by atoms with Crippen molar-refractivity contribution in [2.75, 3.05) is 30.3 Å². The molecule has 2 aromatic rings. The van der Waals surface area contributed by atoms with Crippen LogP contribution in [-0.2, 0) is 0 Å². The monoisotopic (exact) mass is 269 g/mol. The first-order valence-electron chi connectivity index (χ1n) is 6.99. The molecule has 1 fully saturated rings. The molecule has 20 heavy (non-hydrogen) atoms. The van der Waals surface area contributed by atoms with Crippen LogP contribution in [0.5, 0.6) is 0 Å². The van der Waals surface area contributed by atoms with Crippen molar-refractivity contribution in [3.8, 4) is 0 Å². The Morgan fingerprint density at radius 1 is 1.15 bits per heavy atom. The number of nitrogens with one attached hydrogen (secondary N) is 3. The van der Waals surface area contributed by atoms with Gasteiger partial charge >= 0.3 is 0 Å². The Labute approximate surface area is 118 Å². The van der Waals surface area contributed by atoms with E-state index < -0.39 is 0 Å². The normalized spacial score (nSPS) is 17.9. The molecule has 1 saturated heterocycles. The minimum atomic E-state index is 0.690. The SMILES string of the molecule is c1ccc(Nc2cc(NCC3CCNC3)ncn2)cc1. The fourth-order valence-electron chi connectivity index (χ4n) is 2.33. The first-order chi connectivity index (χ1) is 9.90. The molecule has 5 heteroatoms. The van der Waals surface area contributed by atoms with E-state index in [1.807, 2.05) is 36.4 Å². The zero-order valence-corrected chi connectivity index (χ0v) is 11.3. The molecule has 1 unspecified atom stereocenters. The van der Waals surface area contributed by atoms with Crippen LogP contribution in [0.3, 0.4) is 0 Å². The fraction of sp³-hybridized carbons (Fsp3) is 0.333. The Morgan fingerprint density at radius 2 is 2.00 bits per heavy atom. The zero-order valence-electron chi connectivity index (χ0n) is 11.3. The van der Waals surface area contributed by atoms with Gasteiger partial charge in [-0.05, 0) is 37.6 Å².